The molecule has 1 fully saturated rings. The normalized spacial score (nSPS) is 15.1. The summed E-state index contributed by atoms with van der Waals surface area (Å²) < 4.78 is 1.09. The summed E-state index contributed by atoms with van der Waals surface area (Å²) in [5.41, 5.74) is 2.43. The van der Waals surface area contributed by atoms with Crippen LogP contribution in [0.1, 0.15) is 10.4 Å². The molecule has 1 amide bonds. The number of carbonyl (C=O) groups excluding carboxylic acids is 1. The van der Waals surface area contributed by atoms with Gasteiger partial charge < -0.3 is 15.1 Å². The van der Waals surface area contributed by atoms with Crippen molar-refractivity contribution in [2.24, 2.45) is 0 Å². The number of hydrogen-bond acceptors (Lipinski definition) is 5. The van der Waals surface area contributed by atoms with E-state index in [0.29, 0.717) is 5.56 Å². The SMILES string of the molecule is CN1CCN(c2nc3ccc(NC(=O)c4ccc5ccccc5c4)cc3s2)CC1. The van der Waals surface area contributed by atoms with Gasteiger partial charge in [-0.15, -0.1) is 0 Å². The number of amides is 1. The van der Waals surface area contributed by atoms with Crippen LogP contribution >= 0.6 is 11.3 Å². The molecule has 146 valence electrons. The zero-order chi connectivity index (χ0) is 19.8. The maximum atomic E-state index is 12.7. The van der Waals surface area contributed by atoms with Gasteiger partial charge in [0.15, 0.2) is 5.13 Å². The van der Waals surface area contributed by atoms with Crippen LogP contribution in [0.2, 0.25) is 0 Å². The number of anilines is 2. The number of likely N-dealkylation sites (N-methyl/N-ethyl adjacent to an activating group) is 1. The van der Waals surface area contributed by atoms with Crippen molar-refractivity contribution >= 4 is 49.1 Å². The summed E-state index contributed by atoms with van der Waals surface area (Å²) >= 11 is 1.69. The largest absolute Gasteiger partial charge is 0.345 e. The molecule has 29 heavy (non-hydrogen) atoms. The summed E-state index contributed by atoms with van der Waals surface area (Å²) in [5, 5.41) is 6.29. The number of carbonyl (C=O) groups is 1. The van der Waals surface area contributed by atoms with Gasteiger partial charge in [0.1, 0.15) is 0 Å². The van der Waals surface area contributed by atoms with Gasteiger partial charge in [0, 0.05) is 37.4 Å². The van der Waals surface area contributed by atoms with E-state index in [9.17, 15) is 4.79 Å². The summed E-state index contributed by atoms with van der Waals surface area (Å²) in [6, 6.07) is 19.8. The first-order valence-electron chi connectivity index (χ1n) is 9.80. The van der Waals surface area contributed by atoms with Crippen molar-refractivity contribution in [2.75, 3.05) is 43.4 Å². The van der Waals surface area contributed by atoms with Gasteiger partial charge in [0.05, 0.1) is 10.2 Å². The molecule has 0 bridgehead atoms. The van der Waals surface area contributed by atoms with E-state index in [1.54, 1.807) is 11.3 Å². The minimum atomic E-state index is -0.0982. The lowest BCUT2D eigenvalue weighted by molar-refractivity contribution is 0.102. The first-order chi connectivity index (χ1) is 14.2. The highest BCUT2D eigenvalue weighted by Gasteiger charge is 2.18. The van der Waals surface area contributed by atoms with E-state index in [0.717, 1.165) is 58.0 Å². The second-order valence-corrected chi connectivity index (χ2v) is 8.49. The third-order valence-corrected chi connectivity index (χ3v) is 6.50. The fourth-order valence-corrected chi connectivity index (χ4v) is 4.71. The summed E-state index contributed by atoms with van der Waals surface area (Å²) in [4.78, 5) is 22.2. The first kappa shape index (κ1) is 18.1. The van der Waals surface area contributed by atoms with E-state index >= 15 is 0 Å². The van der Waals surface area contributed by atoms with Crippen molar-refractivity contribution in [3.05, 3.63) is 66.2 Å². The van der Waals surface area contributed by atoms with E-state index in [-0.39, 0.29) is 5.91 Å². The average molecular weight is 403 g/mol. The van der Waals surface area contributed by atoms with E-state index in [1.807, 2.05) is 60.7 Å². The number of thiazole rings is 1. The Morgan fingerprint density at radius 3 is 2.59 bits per heavy atom. The molecule has 5 rings (SSSR count). The Balaban J connectivity index is 1.36. The van der Waals surface area contributed by atoms with Gasteiger partial charge in [-0.1, -0.05) is 41.7 Å². The number of rotatable bonds is 3. The molecule has 5 nitrogen and oxygen atoms in total. The number of nitrogens with one attached hydrogen (secondary N) is 1. The zero-order valence-corrected chi connectivity index (χ0v) is 17.1. The highest BCUT2D eigenvalue weighted by atomic mass is 32.1. The smallest absolute Gasteiger partial charge is 0.255 e. The lowest BCUT2D eigenvalue weighted by Gasteiger charge is -2.31. The molecule has 2 heterocycles. The summed E-state index contributed by atoms with van der Waals surface area (Å²) in [5.74, 6) is -0.0982. The Morgan fingerprint density at radius 1 is 0.966 bits per heavy atom. The molecular weight excluding hydrogens is 380 g/mol. The first-order valence-corrected chi connectivity index (χ1v) is 10.6. The van der Waals surface area contributed by atoms with Crippen LogP contribution in [-0.4, -0.2) is 49.0 Å². The molecule has 1 aliphatic rings. The van der Waals surface area contributed by atoms with Gasteiger partial charge in [-0.2, -0.15) is 0 Å². The van der Waals surface area contributed by atoms with Gasteiger partial charge in [0.25, 0.3) is 5.91 Å². The number of benzene rings is 3. The quantitative estimate of drug-likeness (QED) is 0.550. The van der Waals surface area contributed by atoms with E-state index in [1.165, 1.54) is 0 Å². The fourth-order valence-electron chi connectivity index (χ4n) is 3.66. The van der Waals surface area contributed by atoms with E-state index in [4.69, 9.17) is 4.98 Å². The Hall–Kier alpha value is -2.96. The van der Waals surface area contributed by atoms with Crippen LogP contribution in [0.3, 0.4) is 0 Å². The molecule has 1 N–H and O–H groups in total. The van der Waals surface area contributed by atoms with E-state index < -0.39 is 0 Å². The number of aromatic nitrogens is 1. The van der Waals surface area contributed by atoms with Gasteiger partial charge in [-0.05, 0) is 48.2 Å². The predicted molar refractivity (Wildman–Crippen MR) is 121 cm³/mol. The maximum absolute atomic E-state index is 12.7. The van der Waals surface area contributed by atoms with Crippen LogP contribution in [0.15, 0.2) is 60.7 Å². The molecule has 4 aromatic rings. The average Bonchev–Trinajstić information content (AvgIpc) is 3.17. The Bertz CT molecular complexity index is 1190. The lowest BCUT2D eigenvalue weighted by atomic mass is 10.1. The van der Waals surface area contributed by atoms with Crippen molar-refractivity contribution < 1.29 is 4.79 Å². The number of nitrogens with zero attached hydrogens (tertiary/aromatic N) is 3. The maximum Gasteiger partial charge on any atom is 0.255 e. The fraction of sp³-hybridized carbons (Fsp3) is 0.217. The highest BCUT2D eigenvalue weighted by molar-refractivity contribution is 7.22. The van der Waals surface area contributed by atoms with Crippen molar-refractivity contribution in [1.82, 2.24) is 9.88 Å². The molecule has 0 atom stereocenters. The predicted octanol–water partition coefficient (Wildman–Crippen LogP) is 4.45. The molecule has 0 spiro atoms. The van der Waals surface area contributed by atoms with Crippen LogP contribution in [0, 0.1) is 0 Å². The molecule has 0 unspecified atom stereocenters. The minimum absolute atomic E-state index is 0.0982. The Labute approximate surface area is 173 Å². The number of fused-ring (bicyclic) bond motifs is 2. The summed E-state index contributed by atoms with van der Waals surface area (Å²) in [6.45, 7) is 4.12. The minimum Gasteiger partial charge on any atom is -0.345 e. The number of hydrogen-bond donors (Lipinski definition) is 1. The van der Waals surface area contributed by atoms with Gasteiger partial charge in [-0.25, -0.2) is 4.98 Å². The van der Waals surface area contributed by atoms with Crippen molar-refractivity contribution in [2.45, 2.75) is 0 Å². The standard InChI is InChI=1S/C23H22N4OS/c1-26-10-12-27(13-11-26)23-25-20-9-8-19(15-21(20)29-23)24-22(28)18-7-6-16-4-2-3-5-17(16)14-18/h2-9,14-15H,10-13H2,1H3,(H,24,28). The second kappa shape index (κ2) is 7.46. The molecule has 1 saturated heterocycles. The van der Waals surface area contributed by atoms with Crippen molar-refractivity contribution in [3.63, 3.8) is 0 Å². The lowest BCUT2D eigenvalue weighted by Crippen LogP contribution is -2.44. The molecule has 6 heteroatoms. The Kier molecular flexibility index (Phi) is 4.66. The van der Waals surface area contributed by atoms with Crippen LogP contribution < -0.4 is 10.2 Å². The Morgan fingerprint density at radius 2 is 1.76 bits per heavy atom. The molecule has 0 saturated carbocycles. The van der Waals surface area contributed by atoms with E-state index in [2.05, 4.69) is 22.2 Å². The summed E-state index contributed by atoms with van der Waals surface area (Å²) in [7, 11) is 2.15. The van der Waals surface area contributed by atoms with Crippen LogP contribution in [0.5, 0.6) is 0 Å². The van der Waals surface area contributed by atoms with Gasteiger partial charge in [0.2, 0.25) is 0 Å². The molecule has 3 aromatic carbocycles. The third-order valence-electron chi connectivity index (χ3n) is 5.42. The molecular formula is C23H22N4OS. The van der Waals surface area contributed by atoms with Gasteiger partial charge in [-0.3, -0.25) is 4.79 Å². The molecule has 1 aliphatic heterocycles. The molecule has 0 aliphatic carbocycles. The van der Waals surface area contributed by atoms with Crippen LogP contribution in [0.25, 0.3) is 21.0 Å². The molecule has 1 aromatic heterocycles. The summed E-state index contributed by atoms with van der Waals surface area (Å²) in [6.07, 6.45) is 0. The van der Waals surface area contributed by atoms with Crippen molar-refractivity contribution in [1.29, 1.82) is 0 Å². The highest BCUT2D eigenvalue weighted by Crippen LogP contribution is 2.31. The number of piperazine rings is 1. The third kappa shape index (κ3) is 3.69. The monoisotopic (exact) mass is 402 g/mol. The molecule has 0 radical (unpaired) electrons. The topological polar surface area (TPSA) is 48.5 Å². The zero-order valence-electron chi connectivity index (χ0n) is 16.3. The van der Waals surface area contributed by atoms with Gasteiger partial charge >= 0.3 is 0 Å². The van der Waals surface area contributed by atoms with Crippen molar-refractivity contribution in [3.8, 4) is 0 Å². The van der Waals surface area contributed by atoms with Crippen LogP contribution in [0.4, 0.5) is 10.8 Å². The van der Waals surface area contributed by atoms with Crippen LogP contribution in [-0.2, 0) is 0 Å². The second-order valence-electron chi connectivity index (χ2n) is 7.49.